The Balaban J connectivity index is 1.97. The van der Waals surface area contributed by atoms with Crippen LogP contribution in [0.2, 0.25) is 0 Å². The van der Waals surface area contributed by atoms with Gasteiger partial charge in [0.2, 0.25) is 5.91 Å². The van der Waals surface area contributed by atoms with E-state index in [4.69, 9.17) is 0 Å². The molecule has 1 unspecified atom stereocenters. The summed E-state index contributed by atoms with van der Waals surface area (Å²) in [7, 11) is 2.08. The van der Waals surface area contributed by atoms with Crippen molar-refractivity contribution >= 4 is 22.4 Å². The Hall–Kier alpha value is -1.87. The zero-order chi connectivity index (χ0) is 17.0. The fraction of sp³-hybridized carbons (Fsp3) is 0.450. The van der Waals surface area contributed by atoms with Gasteiger partial charge in [-0.2, -0.15) is 0 Å². The van der Waals surface area contributed by atoms with Crippen LogP contribution in [-0.2, 0) is 4.79 Å². The third-order valence-corrected chi connectivity index (χ3v) is 4.67. The number of rotatable bonds is 5. The van der Waals surface area contributed by atoms with E-state index in [-0.39, 0.29) is 11.3 Å². The lowest BCUT2D eigenvalue weighted by Gasteiger charge is -2.35. The average molecular weight is 312 g/mol. The standard InChI is InChI=1S/C20H28N2O/c1-15(20(2,3)4)22(5)14-13-19(23)21-18-12-8-10-16-9-6-7-11-17(16)18/h6-12,15H,13-14H2,1-5H3,(H,21,23). The van der Waals surface area contributed by atoms with E-state index in [1.54, 1.807) is 0 Å². The van der Waals surface area contributed by atoms with E-state index in [1.165, 1.54) is 0 Å². The van der Waals surface area contributed by atoms with Gasteiger partial charge in [0.25, 0.3) is 0 Å². The van der Waals surface area contributed by atoms with Crippen LogP contribution in [0.3, 0.4) is 0 Å². The summed E-state index contributed by atoms with van der Waals surface area (Å²) in [5, 5.41) is 5.28. The van der Waals surface area contributed by atoms with Crippen LogP contribution in [0.25, 0.3) is 10.8 Å². The van der Waals surface area contributed by atoms with Gasteiger partial charge in [0, 0.05) is 30.1 Å². The largest absolute Gasteiger partial charge is 0.325 e. The first-order valence-corrected chi connectivity index (χ1v) is 8.27. The molecule has 0 bridgehead atoms. The van der Waals surface area contributed by atoms with Crippen molar-refractivity contribution in [1.82, 2.24) is 4.90 Å². The lowest BCUT2D eigenvalue weighted by Crippen LogP contribution is -2.40. The summed E-state index contributed by atoms with van der Waals surface area (Å²) in [5.41, 5.74) is 1.10. The number of hydrogen-bond donors (Lipinski definition) is 1. The van der Waals surface area contributed by atoms with Crippen molar-refractivity contribution in [2.75, 3.05) is 18.9 Å². The summed E-state index contributed by atoms with van der Waals surface area (Å²) in [5.74, 6) is 0.0642. The van der Waals surface area contributed by atoms with Crippen LogP contribution >= 0.6 is 0 Å². The second-order valence-corrected chi connectivity index (χ2v) is 7.35. The SMILES string of the molecule is CC(N(C)CCC(=O)Nc1cccc2ccccc12)C(C)(C)C. The van der Waals surface area contributed by atoms with Crippen LogP contribution in [0.1, 0.15) is 34.1 Å². The molecule has 0 radical (unpaired) electrons. The average Bonchev–Trinajstić information content (AvgIpc) is 2.51. The van der Waals surface area contributed by atoms with Gasteiger partial charge < -0.3 is 10.2 Å². The number of hydrogen-bond acceptors (Lipinski definition) is 2. The zero-order valence-corrected chi connectivity index (χ0v) is 14.9. The van der Waals surface area contributed by atoms with Crippen LogP contribution in [0, 0.1) is 5.41 Å². The van der Waals surface area contributed by atoms with E-state index in [1.807, 2.05) is 30.3 Å². The number of carbonyl (C=O) groups is 1. The maximum absolute atomic E-state index is 12.3. The molecule has 0 aliphatic rings. The van der Waals surface area contributed by atoms with Crippen molar-refractivity contribution in [3.05, 3.63) is 42.5 Å². The monoisotopic (exact) mass is 312 g/mol. The second kappa shape index (κ2) is 7.14. The van der Waals surface area contributed by atoms with E-state index < -0.39 is 0 Å². The van der Waals surface area contributed by atoms with E-state index in [2.05, 4.69) is 57.1 Å². The molecule has 2 aromatic carbocycles. The highest BCUT2D eigenvalue weighted by atomic mass is 16.1. The lowest BCUT2D eigenvalue weighted by molar-refractivity contribution is -0.116. The summed E-state index contributed by atoms with van der Waals surface area (Å²) >= 11 is 0. The highest BCUT2D eigenvalue weighted by molar-refractivity contribution is 6.02. The number of amides is 1. The molecule has 0 fully saturated rings. The number of fused-ring (bicyclic) bond motifs is 1. The van der Waals surface area contributed by atoms with Crippen LogP contribution < -0.4 is 5.32 Å². The fourth-order valence-corrected chi connectivity index (χ4v) is 2.68. The molecule has 3 heteroatoms. The smallest absolute Gasteiger partial charge is 0.225 e. The summed E-state index contributed by atoms with van der Waals surface area (Å²) < 4.78 is 0. The molecule has 0 heterocycles. The van der Waals surface area contributed by atoms with Gasteiger partial charge in [-0.1, -0.05) is 57.2 Å². The minimum atomic E-state index is 0.0642. The molecule has 1 N–H and O–H groups in total. The molecule has 2 aromatic rings. The summed E-state index contributed by atoms with van der Waals surface area (Å²) in [6.45, 7) is 9.65. The highest BCUT2D eigenvalue weighted by Gasteiger charge is 2.23. The predicted molar refractivity (Wildman–Crippen MR) is 98.7 cm³/mol. The molecule has 1 atom stereocenters. The summed E-state index contributed by atoms with van der Waals surface area (Å²) in [6.07, 6.45) is 0.500. The first kappa shape index (κ1) is 17.5. The third kappa shape index (κ3) is 4.55. The van der Waals surface area contributed by atoms with Crippen molar-refractivity contribution in [2.24, 2.45) is 5.41 Å². The highest BCUT2D eigenvalue weighted by Crippen LogP contribution is 2.24. The maximum Gasteiger partial charge on any atom is 0.225 e. The molecular weight excluding hydrogens is 284 g/mol. The molecule has 0 aromatic heterocycles. The van der Waals surface area contributed by atoms with Crippen LogP contribution in [0.15, 0.2) is 42.5 Å². The summed E-state index contributed by atoms with van der Waals surface area (Å²) in [6, 6.07) is 14.5. The molecule has 0 saturated heterocycles. The number of benzene rings is 2. The van der Waals surface area contributed by atoms with E-state index >= 15 is 0 Å². The molecule has 0 aliphatic carbocycles. The van der Waals surface area contributed by atoms with Gasteiger partial charge in [0.1, 0.15) is 0 Å². The van der Waals surface area contributed by atoms with Gasteiger partial charge >= 0.3 is 0 Å². The number of nitrogens with zero attached hydrogens (tertiary/aromatic N) is 1. The van der Waals surface area contributed by atoms with Gasteiger partial charge in [-0.25, -0.2) is 0 Å². The predicted octanol–water partition coefficient (Wildman–Crippen LogP) is 4.53. The Morgan fingerprint density at radius 1 is 1.13 bits per heavy atom. The molecule has 0 aliphatic heterocycles. The second-order valence-electron chi connectivity index (χ2n) is 7.35. The molecule has 0 saturated carbocycles. The van der Waals surface area contributed by atoms with E-state index in [0.29, 0.717) is 12.5 Å². The van der Waals surface area contributed by atoms with Crippen LogP contribution in [0.4, 0.5) is 5.69 Å². The Bertz CT molecular complexity index is 667. The van der Waals surface area contributed by atoms with Crippen LogP contribution in [0.5, 0.6) is 0 Å². The van der Waals surface area contributed by atoms with Crippen molar-refractivity contribution < 1.29 is 4.79 Å². The van der Waals surface area contributed by atoms with Gasteiger partial charge in [-0.3, -0.25) is 4.79 Å². The topological polar surface area (TPSA) is 32.3 Å². The number of nitrogens with one attached hydrogen (secondary N) is 1. The molecule has 124 valence electrons. The van der Waals surface area contributed by atoms with Gasteiger partial charge in [0.15, 0.2) is 0 Å². The maximum atomic E-state index is 12.3. The number of carbonyl (C=O) groups excluding carboxylic acids is 1. The van der Waals surface area contributed by atoms with Crippen molar-refractivity contribution in [2.45, 2.75) is 40.2 Å². The molecule has 0 spiro atoms. The van der Waals surface area contributed by atoms with E-state index in [0.717, 1.165) is 23.0 Å². The van der Waals surface area contributed by atoms with E-state index in [9.17, 15) is 4.79 Å². The Labute approximate surface area is 139 Å². The zero-order valence-electron chi connectivity index (χ0n) is 14.9. The Morgan fingerprint density at radius 3 is 2.48 bits per heavy atom. The minimum Gasteiger partial charge on any atom is -0.325 e. The van der Waals surface area contributed by atoms with Gasteiger partial charge in [0.05, 0.1) is 0 Å². The normalized spacial score (nSPS) is 13.3. The number of anilines is 1. The Morgan fingerprint density at radius 2 is 1.78 bits per heavy atom. The van der Waals surface area contributed by atoms with Crippen molar-refractivity contribution in [1.29, 1.82) is 0 Å². The molecule has 23 heavy (non-hydrogen) atoms. The quantitative estimate of drug-likeness (QED) is 0.879. The first-order valence-electron chi connectivity index (χ1n) is 8.27. The van der Waals surface area contributed by atoms with Crippen molar-refractivity contribution in [3.63, 3.8) is 0 Å². The third-order valence-electron chi connectivity index (χ3n) is 4.67. The van der Waals surface area contributed by atoms with Gasteiger partial charge in [-0.05, 0) is 30.8 Å². The molecule has 3 nitrogen and oxygen atoms in total. The van der Waals surface area contributed by atoms with Crippen molar-refractivity contribution in [3.8, 4) is 0 Å². The molecule has 1 amide bonds. The molecule has 2 rings (SSSR count). The molecular formula is C20H28N2O. The Kier molecular flexibility index (Phi) is 5.42. The van der Waals surface area contributed by atoms with Crippen LogP contribution in [-0.4, -0.2) is 30.4 Å². The minimum absolute atomic E-state index is 0.0642. The first-order chi connectivity index (χ1) is 10.8. The summed E-state index contributed by atoms with van der Waals surface area (Å²) in [4.78, 5) is 14.5. The van der Waals surface area contributed by atoms with Gasteiger partial charge in [-0.15, -0.1) is 0 Å². The fourth-order valence-electron chi connectivity index (χ4n) is 2.68. The lowest BCUT2D eigenvalue weighted by atomic mass is 9.87.